The first kappa shape index (κ1) is 11.2. The van der Waals surface area contributed by atoms with Gasteiger partial charge in [-0.05, 0) is 12.1 Å². The predicted molar refractivity (Wildman–Crippen MR) is 53.4 cm³/mol. The summed E-state index contributed by atoms with van der Waals surface area (Å²) >= 11 is 0. The second-order valence-electron chi connectivity index (χ2n) is 2.57. The SMILES string of the molecule is CNC(=O)NS(=O)(=O)c1cccnc1N. The highest BCUT2D eigenvalue weighted by atomic mass is 32.2. The molecule has 0 unspecified atom stereocenters. The largest absolute Gasteiger partial charge is 0.383 e. The summed E-state index contributed by atoms with van der Waals surface area (Å²) < 4.78 is 24.8. The molecular formula is C7H10N4O3S. The molecule has 0 aliphatic carbocycles. The van der Waals surface area contributed by atoms with Crippen molar-refractivity contribution in [1.82, 2.24) is 15.0 Å². The highest BCUT2D eigenvalue weighted by Crippen LogP contribution is 2.13. The van der Waals surface area contributed by atoms with Gasteiger partial charge >= 0.3 is 6.03 Å². The minimum Gasteiger partial charge on any atom is -0.383 e. The van der Waals surface area contributed by atoms with Gasteiger partial charge in [-0.3, -0.25) is 0 Å². The summed E-state index contributed by atoms with van der Waals surface area (Å²) in [7, 11) is -2.65. The number of carbonyl (C=O) groups is 1. The van der Waals surface area contributed by atoms with E-state index in [1.165, 1.54) is 25.4 Å². The van der Waals surface area contributed by atoms with E-state index in [4.69, 9.17) is 5.73 Å². The van der Waals surface area contributed by atoms with Gasteiger partial charge in [0.05, 0.1) is 0 Å². The van der Waals surface area contributed by atoms with Gasteiger partial charge in [-0.15, -0.1) is 0 Å². The van der Waals surface area contributed by atoms with Crippen LogP contribution in [0.3, 0.4) is 0 Å². The number of carbonyl (C=O) groups excluding carboxylic acids is 1. The maximum absolute atomic E-state index is 11.5. The summed E-state index contributed by atoms with van der Waals surface area (Å²) in [5.74, 6) is -0.158. The van der Waals surface area contributed by atoms with Gasteiger partial charge < -0.3 is 11.1 Å². The lowest BCUT2D eigenvalue weighted by Gasteiger charge is -2.07. The number of rotatable bonds is 2. The summed E-state index contributed by atoms with van der Waals surface area (Å²) in [5.41, 5.74) is 5.36. The molecule has 7 nitrogen and oxygen atoms in total. The van der Waals surface area contributed by atoms with Crippen LogP contribution in [0, 0.1) is 0 Å². The Morgan fingerprint density at radius 3 is 2.73 bits per heavy atom. The topological polar surface area (TPSA) is 114 Å². The summed E-state index contributed by atoms with van der Waals surface area (Å²) in [6.07, 6.45) is 1.36. The highest BCUT2D eigenvalue weighted by molar-refractivity contribution is 7.90. The van der Waals surface area contributed by atoms with E-state index in [0.29, 0.717) is 0 Å². The van der Waals surface area contributed by atoms with Crippen LogP contribution in [0.15, 0.2) is 23.2 Å². The maximum atomic E-state index is 11.5. The van der Waals surface area contributed by atoms with Crippen LogP contribution in [0.1, 0.15) is 0 Å². The number of nitrogens with two attached hydrogens (primary N) is 1. The molecule has 0 fully saturated rings. The van der Waals surface area contributed by atoms with Gasteiger partial charge in [0.15, 0.2) is 0 Å². The quantitative estimate of drug-likeness (QED) is 0.620. The van der Waals surface area contributed by atoms with Crippen molar-refractivity contribution in [2.75, 3.05) is 12.8 Å². The van der Waals surface area contributed by atoms with E-state index in [0.717, 1.165) is 0 Å². The lowest BCUT2D eigenvalue weighted by Crippen LogP contribution is -2.37. The van der Waals surface area contributed by atoms with Crippen molar-refractivity contribution in [3.05, 3.63) is 18.3 Å². The summed E-state index contributed by atoms with van der Waals surface area (Å²) in [5, 5.41) is 2.12. The number of hydrogen-bond acceptors (Lipinski definition) is 5. The van der Waals surface area contributed by atoms with Crippen molar-refractivity contribution in [2.45, 2.75) is 4.90 Å². The monoisotopic (exact) mass is 230 g/mol. The smallest absolute Gasteiger partial charge is 0.328 e. The highest BCUT2D eigenvalue weighted by Gasteiger charge is 2.19. The minimum absolute atomic E-state index is 0.158. The number of aromatic nitrogens is 1. The van der Waals surface area contributed by atoms with Crippen molar-refractivity contribution in [3.8, 4) is 0 Å². The Labute approximate surface area is 86.7 Å². The van der Waals surface area contributed by atoms with Gasteiger partial charge in [-0.2, -0.15) is 0 Å². The molecule has 2 amide bonds. The standard InChI is InChI=1S/C7H10N4O3S/c1-9-7(12)11-15(13,14)5-3-2-4-10-6(5)8/h2-4H,1H3,(H2,8,10)(H2,9,11,12). The van der Waals surface area contributed by atoms with E-state index in [1.54, 1.807) is 4.72 Å². The third-order valence-electron chi connectivity index (χ3n) is 1.54. The number of sulfonamides is 1. The molecule has 0 atom stereocenters. The van der Waals surface area contributed by atoms with Crippen molar-refractivity contribution < 1.29 is 13.2 Å². The molecule has 82 valence electrons. The van der Waals surface area contributed by atoms with E-state index >= 15 is 0 Å². The van der Waals surface area contributed by atoms with Crippen LogP contribution in [-0.2, 0) is 10.0 Å². The van der Waals surface area contributed by atoms with E-state index in [-0.39, 0.29) is 10.7 Å². The van der Waals surface area contributed by atoms with Crippen LogP contribution in [0.5, 0.6) is 0 Å². The fraction of sp³-hybridized carbons (Fsp3) is 0.143. The zero-order valence-corrected chi connectivity index (χ0v) is 8.71. The van der Waals surface area contributed by atoms with Gasteiger partial charge in [0, 0.05) is 13.2 Å². The Morgan fingerprint density at radius 2 is 2.20 bits per heavy atom. The minimum atomic E-state index is -3.95. The second kappa shape index (κ2) is 4.13. The lowest BCUT2D eigenvalue weighted by atomic mass is 10.5. The molecule has 1 aromatic rings. The second-order valence-corrected chi connectivity index (χ2v) is 4.22. The molecule has 8 heteroatoms. The van der Waals surface area contributed by atoms with E-state index < -0.39 is 16.1 Å². The molecule has 0 saturated carbocycles. The molecule has 0 aliphatic heterocycles. The Morgan fingerprint density at radius 1 is 1.53 bits per heavy atom. The molecule has 0 aliphatic rings. The average Bonchev–Trinajstić information content (AvgIpc) is 2.17. The van der Waals surface area contributed by atoms with Crippen LogP contribution >= 0.6 is 0 Å². The molecule has 0 radical (unpaired) electrons. The number of hydrogen-bond donors (Lipinski definition) is 3. The Kier molecular flexibility index (Phi) is 3.10. The van der Waals surface area contributed by atoms with Crippen LogP contribution < -0.4 is 15.8 Å². The van der Waals surface area contributed by atoms with Crippen molar-refractivity contribution in [2.24, 2.45) is 0 Å². The van der Waals surface area contributed by atoms with Crippen LogP contribution in [-0.4, -0.2) is 26.5 Å². The van der Waals surface area contributed by atoms with Gasteiger partial charge in [-0.1, -0.05) is 0 Å². The molecule has 0 spiro atoms. The Hall–Kier alpha value is -1.83. The van der Waals surface area contributed by atoms with Crippen LogP contribution in [0.4, 0.5) is 10.6 Å². The number of anilines is 1. The number of amides is 2. The fourth-order valence-electron chi connectivity index (χ4n) is 0.858. The van der Waals surface area contributed by atoms with E-state index in [9.17, 15) is 13.2 Å². The van der Waals surface area contributed by atoms with Gasteiger partial charge in [0.2, 0.25) is 0 Å². The van der Waals surface area contributed by atoms with Gasteiger partial charge in [0.1, 0.15) is 10.7 Å². The number of nitrogen functional groups attached to an aromatic ring is 1. The zero-order chi connectivity index (χ0) is 11.5. The molecule has 0 saturated heterocycles. The van der Waals surface area contributed by atoms with E-state index in [1.807, 2.05) is 0 Å². The number of nitrogens with zero attached hydrogens (tertiary/aromatic N) is 1. The Bertz CT molecular complexity index is 471. The van der Waals surface area contributed by atoms with E-state index in [2.05, 4.69) is 10.3 Å². The first-order valence-corrected chi connectivity index (χ1v) is 5.40. The zero-order valence-electron chi connectivity index (χ0n) is 7.89. The van der Waals surface area contributed by atoms with Gasteiger partial charge in [-0.25, -0.2) is 22.9 Å². The van der Waals surface area contributed by atoms with Crippen molar-refractivity contribution >= 4 is 21.9 Å². The molecule has 1 aromatic heterocycles. The molecule has 1 rings (SSSR count). The molecule has 0 bridgehead atoms. The van der Waals surface area contributed by atoms with Gasteiger partial charge in [0.25, 0.3) is 10.0 Å². The lowest BCUT2D eigenvalue weighted by molar-refractivity contribution is 0.248. The summed E-state index contributed by atoms with van der Waals surface area (Å²) in [4.78, 5) is 14.2. The van der Waals surface area contributed by atoms with Crippen molar-refractivity contribution in [3.63, 3.8) is 0 Å². The predicted octanol–water partition coefficient (Wildman–Crippen LogP) is -0.718. The first-order chi connectivity index (χ1) is 6.97. The van der Waals surface area contributed by atoms with Crippen molar-refractivity contribution in [1.29, 1.82) is 0 Å². The average molecular weight is 230 g/mol. The molecule has 15 heavy (non-hydrogen) atoms. The first-order valence-electron chi connectivity index (χ1n) is 3.92. The Balaban J connectivity index is 3.07. The van der Waals surface area contributed by atoms with Crippen LogP contribution in [0.25, 0.3) is 0 Å². The number of pyridine rings is 1. The molecule has 1 heterocycles. The maximum Gasteiger partial charge on any atom is 0.328 e. The summed E-state index contributed by atoms with van der Waals surface area (Å²) in [6.45, 7) is 0. The molecular weight excluding hydrogens is 220 g/mol. The number of urea groups is 1. The third kappa shape index (κ3) is 2.56. The molecule has 0 aromatic carbocycles. The fourth-order valence-corrected chi connectivity index (χ4v) is 1.90. The number of nitrogens with one attached hydrogen (secondary N) is 2. The normalized spacial score (nSPS) is 10.7. The van der Waals surface area contributed by atoms with Crippen LogP contribution in [0.2, 0.25) is 0 Å². The molecule has 4 N–H and O–H groups in total. The summed E-state index contributed by atoms with van der Waals surface area (Å²) in [6, 6.07) is 1.83. The third-order valence-corrected chi connectivity index (χ3v) is 2.92.